The third kappa shape index (κ3) is 2.59. The van der Waals surface area contributed by atoms with Gasteiger partial charge in [-0.15, -0.1) is 11.3 Å². The molecule has 4 heteroatoms. The Hall–Kier alpha value is -1.91. The van der Waals surface area contributed by atoms with Crippen molar-refractivity contribution in [3.8, 4) is 16.3 Å². The first-order chi connectivity index (χ1) is 9.22. The van der Waals surface area contributed by atoms with E-state index in [-0.39, 0.29) is 6.23 Å². The van der Waals surface area contributed by atoms with E-state index in [9.17, 15) is 0 Å². The maximum Gasteiger partial charge on any atom is 0.144 e. The van der Waals surface area contributed by atoms with E-state index in [1.165, 1.54) is 4.70 Å². The molecule has 0 aliphatic carbocycles. The van der Waals surface area contributed by atoms with Crippen LogP contribution in [0.15, 0.2) is 48.5 Å². The minimum atomic E-state index is -0.314. The predicted molar refractivity (Wildman–Crippen MR) is 79.3 cm³/mol. The number of fused-ring (bicyclic) bond motifs is 1. The Kier molecular flexibility index (Phi) is 3.19. The van der Waals surface area contributed by atoms with Crippen LogP contribution >= 0.6 is 11.3 Å². The van der Waals surface area contributed by atoms with Gasteiger partial charge in [-0.25, -0.2) is 4.98 Å². The average molecular weight is 270 g/mol. The standard InChI is InChI=1S/C15H14N2OS/c1-10(16)18-12-6-4-5-11(9-12)15-17-13-7-2-3-8-14(13)19-15/h2-10H,16H2,1H3. The number of thiazole rings is 1. The smallest absolute Gasteiger partial charge is 0.144 e. The summed E-state index contributed by atoms with van der Waals surface area (Å²) < 4.78 is 6.70. The van der Waals surface area contributed by atoms with Gasteiger partial charge < -0.3 is 4.74 Å². The monoisotopic (exact) mass is 270 g/mol. The van der Waals surface area contributed by atoms with E-state index in [4.69, 9.17) is 10.5 Å². The van der Waals surface area contributed by atoms with Crippen molar-refractivity contribution in [2.75, 3.05) is 0 Å². The number of hydrogen-bond acceptors (Lipinski definition) is 4. The van der Waals surface area contributed by atoms with Gasteiger partial charge in [0.15, 0.2) is 0 Å². The molecule has 0 saturated carbocycles. The number of aromatic nitrogens is 1. The van der Waals surface area contributed by atoms with Crippen LogP contribution in [0.25, 0.3) is 20.8 Å². The van der Waals surface area contributed by atoms with Gasteiger partial charge >= 0.3 is 0 Å². The lowest BCUT2D eigenvalue weighted by Crippen LogP contribution is -2.22. The lowest BCUT2D eigenvalue weighted by atomic mass is 10.2. The van der Waals surface area contributed by atoms with Crippen LogP contribution in [-0.2, 0) is 0 Å². The molecule has 0 amide bonds. The zero-order valence-corrected chi connectivity index (χ0v) is 11.4. The molecule has 1 heterocycles. The van der Waals surface area contributed by atoms with Gasteiger partial charge in [0.2, 0.25) is 0 Å². The van der Waals surface area contributed by atoms with Crippen molar-refractivity contribution in [1.29, 1.82) is 0 Å². The topological polar surface area (TPSA) is 48.1 Å². The number of ether oxygens (including phenoxy) is 1. The summed E-state index contributed by atoms with van der Waals surface area (Å²) in [7, 11) is 0. The van der Waals surface area contributed by atoms with E-state index in [0.717, 1.165) is 21.8 Å². The first-order valence-electron chi connectivity index (χ1n) is 6.10. The van der Waals surface area contributed by atoms with Crippen LogP contribution < -0.4 is 10.5 Å². The van der Waals surface area contributed by atoms with Crippen molar-refractivity contribution in [3.63, 3.8) is 0 Å². The molecule has 2 N–H and O–H groups in total. The number of rotatable bonds is 3. The zero-order valence-electron chi connectivity index (χ0n) is 10.5. The van der Waals surface area contributed by atoms with E-state index in [1.54, 1.807) is 11.3 Å². The molecule has 19 heavy (non-hydrogen) atoms. The highest BCUT2D eigenvalue weighted by Crippen LogP contribution is 2.31. The normalized spacial score (nSPS) is 12.5. The second kappa shape index (κ2) is 4.99. The molecule has 3 nitrogen and oxygen atoms in total. The highest BCUT2D eigenvalue weighted by Gasteiger charge is 2.07. The van der Waals surface area contributed by atoms with Crippen LogP contribution in [0, 0.1) is 0 Å². The molecule has 0 aliphatic rings. The molecule has 3 rings (SSSR count). The Morgan fingerprint density at radius 1 is 1.16 bits per heavy atom. The van der Waals surface area contributed by atoms with Crippen LogP contribution in [0.3, 0.4) is 0 Å². The Morgan fingerprint density at radius 2 is 2.00 bits per heavy atom. The zero-order chi connectivity index (χ0) is 13.2. The third-order valence-electron chi connectivity index (χ3n) is 2.70. The van der Waals surface area contributed by atoms with Crippen molar-refractivity contribution in [2.24, 2.45) is 5.73 Å². The van der Waals surface area contributed by atoms with Crippen molar-refractivity contribution >= 4 is 21.6 Å². The summed E-state index contributed by atoms with van der Waals surface area (Å²) in [5, 5.41) is 0.997. The minimum Gasteiger partial charge on any atom is -0.476 e. The van der Waals surface area contributed by atoms with Crippen molar-refractivity contribution in [2.45, 2.75) is 13.2 Å². The Bertz CT molecular complexity index is 673. The summed E-state index contributed by atoms with van der Waals surface area (Å²) in [5.74, 6) is 0.770. The first-order valence-corrected chi connectivity index (χ1v) is 6.92. The summed E-state index contributed by atoms with van der Waals surface area (Å²) in [6.07, 6.45) is -0.314. The molecule has 0 saturated heterocycles. The van der Waals surface area contributed by atoms with Gasteiger partial charge in [0.1, 0.15) is 17.0 Å². The number of benzene rings is 2. The Morgan fingerprint density at radius 3 is 2.79 bits per heavy atom. The van der Waals surface area contributed by atoms with Gasteiger partial charge in [-0.2, -0.15) is 0 Å². The number of hydrogen-bond donors (Lipinski definition) is 1. The second-order valence-electron chi connectivity index (χ2n) is 4.34. The average Bonchev–Trinajstić information content (AvgIpc) is 2.82. The minimum absolute atomic E-state index is 0.314. The molecular formula is C15H14N2OS. The maximum atomic E-state index is 5.64. The molecule has 3 aromatic rings. The fraction of sp³-hybridized carbons (Fsp3) is 0.133. The van der Waals surface area contributed by atoms with Crippen molar-refractivity contribution in [1.82, 2.24) is 4.98 Å². The SMILES string of the molecule is CC(N)Oc1cccc(-c2nc3ccccc3s2)c1. The molecule has 96 valence electrons. The fourth-order valence-electron chi connectivity index (χ4n) is 1.91. The van der Waals surface area contributed by atoms with E-state index >= 15 is 0 Å². The van der Waals surface area contributed by atoms with Crippen LogP contribution in [0.1, 0.15) is 6.92 Å². The predicted octanol–water partition coefficient (Wildman–Crippen LogP) is 3.65. The molecule has 0 bridgehead atoms. The summed E-state index contributed by atoms with van der Waals surface area (Å²) in [6.45, 7) is 1.81. The number of nitrogens with zero attached hydrogens (tertiary/aromatic N) is 1. The highest BCUT2D eigenvalue weighted by molar-refractivity contribution is 7.21. The molecule has 1 unspecified atom stereocenters. The first kappa shape index (κ1) is 12.1. The molecule has 0 aliphatic heterocycles. The number of para-hydroxylation sites is 1. The highest BCUT2D eigenvalue weighted by atomic mass is 32.1. The van der Waals surface area contributed by atoms with E-state index in [2.05, 4.69) is 11.1 Å². The van der Waals surface area contributed by atoms with Gasteiger partial charge in [-0.1, -0.05) is 24.3 Å². The van der Waals surface area contributed by atoms with Gasteiger partial charge in [0.05, 0.1) is 10.2 Å². The van der Waals surface area contributed by atoms with Crippen LogP contribution in [0.4, 0.5) is 0 Å². The Labute approximate surface area is 115 Å². The van der Waals surface area contributed by atoms with Gasteiger partial charge in [0, 0.05) is 5.56 Å². The lowest BCUT2D eigenvalue weighted by molar-refractivity contribution is 0.230. The van der Waals surface area contributed by atoms with Crippen LogP contribution in [-0.4, -0.2) is 11.2 Å². The molecular weight excluding hydrogens is 256 g/mol. The largest absolute Gasteiger partial charge is 0.476 e. The van der Waals surface area contributed by atoms with Gasteiger partial charge in [0.25, 0.3) is 0 Å². The van der Waals surface area contributed by atoms with Crippen molar-refractivity contribution < 1.29 is 4.74 Å². The van der Waals surface area contributed by atoms with E-state index in [0.29, 0.717) is 0 Å². The van der Waals surface area contributed by atoms with Crippen LogP contribution in [0.2, 0.25) is 0 Å². The maximum absolute atomic E-state index is 5.64. The van der Waals surface area contributed by atoms with E-state index < -0.39 is 0 Å². The third-order valence-corrected chi connectivity index (χ3v) is 3.78. The molecule has 1 aromatic heterocycles. The van der Waals surface area contributed by atoms with Gasteiger partial charge in [-0.05, 0) is 31.2 Å². The van der Waals surface area contributed by atoms with Crippen LogP contribution in [0.5, 0.6) is 5.75 Å². The summed E-state index contributed by atoms with van der Waals surface area (Å²) in [4.78, 5) is 4.63. The summed E-state index contributed by atoms with van der Waals surface area (Å²) >= 11 is 1.68. The van der Waals surface area contributed by atoms with Gasteiger partial charge in [-0.3, -0.25) is 5.73 Å². The Balaban J connectivity index is 2.01. The molecule has 0 radical (unpaired) electrons. The molecule has 0 spiro atoms. The summed E-state index contributed by atoms with van der Waals surface area (Å²) in [5.41, 5.74) is 7.72. The number of nitrogens with two attached hydrogens (primary N) is 1. The second-order valence-corrected chi connectivity index (χ2v) is 5.37. The lowest BCUT2D eigenvalue weighted by Gasteiger charge is -2.09. The fourth-order valence-corrected chi connectivity index (χ4v) is 2.87. The summed E-state index contributed by atoms with van der Waals surface area (Å²) in [6, 6.07) is 16.0. The molecule has 1 atom stereocenters. The van der Waals surface area contributed by atoms with Crippen molar-refractivity contribution in [3.05, 3.63) is 48.5 Å². The molecule has 2 aromatic carbocycles. The van der Waals surface area contributed by atoms with E-state index in [1.807, 2.05) is 49.4 Å². The quantitative estimate of drug-likeness (QED) is 0.739. The molecule has 0 fully saturated rings.